The topological polar surface area (TPSA) is 3.24 Å². The maximum atomic E-state index is 3.56. The van der Waals surface area contributed by atoms with Crippen molar-refractivity contribution in [3.8, 4) is 0 Å². The number of nitrogens with zero attached hydrogens (tertiary/aromatic N) is 1. The summed E-state index contributed by atoms with van der Waals surface area (Å²) in [5.74, 6) is 0. The van der Waals surface area contributed by atoms with E-state index in [2.05, 4.69) is 6.58 Å². The third-order valence-electron chi connectivity index (χ3n) is 0. The maximum absolute atomic E-state index is 3.56. The molecule has 0 aromatic heterocycles. The fraction of sp³-hybridized carbons (Fsp3) is 0.800. The van der Waals surface area contributed by atoms with Gasteiger partial charge in [-0.1, -0.05) is 27.9 Å². The Morgan fingerprint density at radius 3 is 0.909 bits per heavy atom. The zero-order chi connectivity index (χ0) is 7.15. The van der Waals surface area contributed by atoms with Gasteiger partial charge < -0.3 is 4.90 Å². The van der Waals surface area contributed by atoms with E-state index in [4.69, 9.17) is 0 Å². The highest BCUT2D eigenvalue weighted by Gasteiger charge is 1.58. The highest BCUT2D eigenvalue weighted by molar-refractivity contribution is 4.78. The molecule has 0 aromatic rings. The van der Waals surface area contributed by atoms with E-state index >= 15 is 0 Å². The van der Waals surface area contributed by atoms with Crippen LogP contribution in [0.4, 0.5) is 0 Å². The molecular weight excluding hydrogens is 134 g/mol. The van der Waals surface area contributed by atoms with Crippen LogP contribution in [0.3, 0.4) is 0 Å². The van der Waals surface area contributed by atoms with Crippen LogP contribution in [0.2, 0.25) is 0 Å². The molecule has 0 aliphatic rings. The molecule has 0 N–H and O–H groups in total. The van der Waals surface area contributed by atoms with E-state index in [9.17, 15) is 0 Å². The van der Waals surface area contributed by atoms with Crippen LogP contribution in [0.15, 0.2) is 12.2 Å². The number of rotatable bonds is 0. The summed E-state index contributed by atoms with van der Waals surface area (Å²) in [6.07, 6.45) is 0. The van der Waals surface area contributed by atoms with Crippen LogP contribution < -0.4 is 0 Å². The van der Waals surface area contributed by atoms with E-state index in [1.165, 1.54) is 5.57 Å². The van der Waals surface area contributed by atoms with Crippen LogP contribution in [0, 0.1) is 0 Å². The molecule has 0 heterocycles. The third kappa shape index (κ3) is 6390. The predicted octanol–water partition coefficient (Wildman–Crippen LogP) is 3.67. The molecule has 0 saturated carbocycles. The van der Waals surface area contributed by atoms with Crippen molar-refractivity contribution in [3.63, 3.8) is 0 Å². The lowest BCUT2D eigenvalue weighted by Crippen LogP contribution is -1.99. The first-order chi connectivity index (χ1) is 3.46. The molecule has 0 bridgehead atoms. The molecular formula is C10H29N. The lowest BCUT2D eigenvalue weighted by Gasteiger charge is -1.90. The van der Waals surface area contributed by atoms with E-state index in [-0.39, 0.29) is 22.3 Å². The van der Waals surface area contributed by atoms with Crippen molar-refractivity contribution >= 4 is 0 Å². The number of hydrogen-bond acceptors (Lipinski definition) is 1. The Labute approximate surface area is 75.1 Å². The molecule has 0 aliphatic heterocycles. The van der Waals surface area contributed by atoms with Crippen LogP contribution >= 0.6 is 0 Å². The second kappa shape index (κ2) is 22.6. The van der Waals surface area contributed by atoms with Gasteiger partial charge in [-0.25, -0.2) is 0 Å². The first-order valence-electron chi connectivity index (χ1n) is 2.70. The molecule has 0 atom stereocenters. The Hall–Kier alpha value is -0.300. The molecule has 0 amide bonds. The van der Waals surface area contributed by atoms with Gasteiger partial charge in [0.25, 0.3) is 0 Å². The Morgan fingerprint density at radius 2 is 0.909 bits per heavy atom. The number of allylic oxidation sites excluding steroid dienone is 1. The maximum Gasteiger partial charge on any atom is -0.0140 e. The first kappa shape index (κ1) is 31.0. The van der Waals surface area contributed by atoms with E-state index in [0.717, 1.165) is 0 Å². The molecule has 0 unspecified atom stereocenters. The molecule has 0 fully saturated rings. The Kier molecular flexibility index (Phi) is 63.7. The van der Waals surface area contributed by atoms with Crippen LogP contribution in [0.5, 0.6) is 0 Å². The fourth-order valence-corrected chi connectivity index (χ4v) is 0. The second-order valence-corrected chi connectivity index (χ2v) is 2.55. The van der Waals surface area contributed by atoms with E-state index in [1.807, 2.05) is 39.9 Å². The minimum absolute atomic E-state index is 0. The molecule has 0 aromatic carbocycles. The summed E-state index contributed by atoms with van der Waals surface area (Å²) in [4.78, 5) is 2.00. The van der Waals surface area contributed by atoms with Gasteiger partial charge in [-0.2, -0.15) is 0 Å². The van der Waals surface area contributed by atoms with Gasteiger partial charge in [-0.3, -0.25) is 0 Å². The lowest BCUT2D eigenvalue weighted by molar-refractivity contribution is 0.505. The smallest absolute Gasteiger partial charge is 0.0140 e. The summed E-state index contributed by atoms with van der Waals surface area (Å²) in [6.45, 7) is 7.50. The quantitative estimate of drug-likeness (QED) is 0.493. The zero-order valence-electron chi connectivity index (χ0n) is 6.65. The van der Waals surface area contributed by atoms with Gasteiger partial charge in [0.15, 0.2) is 0 Å². The average molecular weight is 163 g/mol. The molecule has 1 heteroatoms. The van der Waals surface area contributed by atoms with Gasteiger partial charge in [0.2, 0.25) is 0 Å². The van der Waals surface area contributed by atoms with Crippen LogP contribution in [0.25, 0.3) is 0 Å². The normalized spacial score (nSPS) is 5.64. The van der Waals surface area contributed by atoms with Gasteiger partial charge in [0, 0.05) is 0 Å². The lowest BCUT2D eigenvalue weighted by atomic mass is 10.4. The molecule has 0 aliphatic carbocycles. The van der Waals surface area contributed by atoms with Crippen molar-refractivity contribution in [2.24, 2.45) is 0 Å². The summed E-state index contributed by atoms with van der Waals surface area (Å²) >= 11 is 0. The van der Waals surface area contributed by atoms with Gasteiger partial charge in [-0.05, 0) is 35.0 Å². The SMILES string of the molecule is C.C.C.C=C(C)C.CN(C)C. The van der Waals surface area contributed by atoms with Gasteiger partial charge in [-0.15, -0.1) is 6.58 Å². The molecule has 1 nitrogen and oxygen atoms in total. The summed E-state index contributed by atoms with van der Waals surface area (Å²) in [5.41, 5.74) is 1.17. The van der Waals surface area contributed by atoms with Crippen molar-refractivity contribution < 1.29 is 0 Å². The molecule has 0 spiro atoms. The molecule has 11 heavy (non-hydrogen) atoms. The molecule has 0 radical (unpaired) electrons. The molecule has 74 valence electrons. The highest BCUT2D eigenvalue weighted by atomic mass is 15.0. The average Bonchev–Trinajstić information content (AvgIpc) is 1.25. The Morgan fingerprint density at radius 1 is 0.909 bits per heavy atom. The van der Waals surface area contributed by atoms with Crippen LogP contribution in [0.1, 0.15) is 36.1 Å². The summed E-state index contributed by atoms with van der Waals surface area (Å²) < 4.78 is 0. The van der Waals surface area contributed by atoms with Crippen molar-refractivity contribution in [1.82, 2.24) is 4.90 Å². The van der Waals surface area contributed by atoms with Crippen LogP contribution in [-0.2, 0) is 0 Å². The predicted molar refractivity (Wildman–Crippen MR) is 60.3 cm³/mol. The molecule has 0 saturated heterocycles. The highest BCUT2D eigenvalue weighted by Crippen LogP contribution is 1.73. The summed E-state index contributed by atoms with van der Waals surface area (Å²) in [5, 5.41) is 0. The van der Waals surface area contributed by atoms with Crippen LogP contribution in [-0.4, -0.2) is 26.0 Å². The van der Waals surface area contributed by atoms with Gasteiger partial charge in [0.05, 0.1) is 0 Å². The monoisotopic (exact) mass is 163 g/mol. The standard InChI is InChI=1S/C4H8.C3H9N.3CH4/c2*1-4(2)3;;;/h1H2,2-3H3;1-3H3;3*1H4. The Bertz CT molecular complexity index is 49.1. The third-order valence-corrected chi connectivity index (χ3v) is 0. The van der Waals surface area contributed by atoms with Gasteiger partial charge in [0.1, 0.15) is 0 Å². The summed E-state index contributed by atoms with van der Waals surface area (Å²) in [6, 6.07) is 0. The van der Waals surface area contributed by atoms with E-state index in [1.54, 1.807) is 0 Å². The van der Waals surface area contributed by atoms with E-state index in [0.29, 0.717) is 0 Å². The van der Waals surface area contributed by atoms with Crippen molar-refractivity contribution in [2.75, 3.05) is 21.1 Å². The fourth-order valence-electron chi connectivity index (χ4n) is 0. The zero-order valence-corrected chi connectivity index (χ0v) is 6.65. The van der Waals surface area contributed by atoms with Crippen molar-refractivity contribution in [1.29, 1.82) is 0 Å². The first-order valence-corrected chi connectivity index (χ1v) is 2.70. The second-order valence-electron chi connectivity index (χ2n) is 2.55. The minimum atomic E-state index is 0. The Balaban J connectivity index is -0.0000000171. The minimum Gasteiger partial charge on any atom is -0.312 e. The van der Waals surface area contributed by atoms with Crippen molar-refractivity contribution in [2.45, 2.75) is 36.1 Å². The van der Waals surface area contributed by atoms with Crippen molar-refractivity contribution in [3.05, 3.63) is 12.2 Å². The number of hydrogen-bond donors (Lipinski definition) is 0. The molecule has 0 rings (SSSR count). The van der Waals surface area contributed by atoms with Gasteiger partial charge >= 0.3 is 0 Å². The largest absolute Gasteiger partial charge is 0.312 e. The summed E-state index contributed by atoms with van der Waals surface area (Å²) in [7, 11) is 6.00. The van der Waals surface area contributed by atoms with E-state index < -0.39 is 0 Å².